The molecule has 1 atom stereocenters. The van der Waals surface area contributed by atoms with Crippen molar-refractivity contribution in [1.29, 1.82) is 0 Å². The smallest absolute Gasteiger partial charge is 0.0684 e. The Bertz CT molecular complexity index is 231. The van der Waals surface area contributed by atoms with E-state index in [0.29, 0.717) is 6.54 Å². The second kappa shape index (κ2) is 3.97. The minimum absolute atomic E-state index is 0.331. The first-order valence-corrected chi connectivity index (χ1v) is 3.96. The maximum atomic E-state index is 8.98. The zero-order valence-electron chi connectivity index (χ0n) is 7.12. The van der Waals surface area contributed by atoms with E-state index in [1.165, 1.54) is 0 Å². The van der Waals surface area contributed by atoms with Crippen LogP contribution in [0.2, 0.25) is 0 Å². The molecule has 3 heteroatoms. The Labute approximate surface area is 72.2 Å². The monoisotopic (exact) mass is 166 g/mol. The third-order valence-corrected chi connectivity index (χ3v) is 1.51. The van der Waals surface area contributed by atoms with E-state index in [9.17, 15) is 0 Å². The highest BCUT2D eigenvalue weighted by Crippen LogP contribution is 2.09. The second-order valence-corrected chi connectivity index (χ2v) is 2.85. The molecule has 1 aromatic rings. The summed E-state index contributed by atoms with van der Waals surface area (Å²) < 4.78 is 0. The first kappa shape index (κ1) is 8.87. The molecule has 0 fully saturated rings. The van der Waals surface area contributed by atoms with Gasteiger partial charge in [-0.2, -0.15) is 0 Å². The highest BCUT2D eigenvalue weighted by Gasteiger charge is 1.94. The summed E-state index contributed by atoms with van der Waals surface area (Å²) in [5, 5.41) is 12.0. The van der Waals surface area contributed by atoms with E-state index in [1.807, 2.05) is 24.3 Å². The highest BCUT2D eigenvalue weighted by molar-refractivity contribution is 5.51. The average molecular weight is 166 g/mol. The summed E-state index contributed by atoms with van der Waals surface area (Å²) in [5.74, 6) is 0. The van der Waals surface area contributed by atoms with Crippen molar-refractivity contribution in [3.05, 3.63) is 24.3 Å². The topological polar surface area (TPSA) is 58.3 Å². The number of rotatable bonds is 3. The molecular weight excluding hydrogens is 152 g/mol. The van der Waals surface area contributed by atoms with Crippen molar-refractivity contribution in [2.24, 2.45) is 0 Å². The Kier molecular flexibility index (Phi) is 2.94. The number of anilines is 2. The van der Waals surface area contributed by atoms with E-state index >= 15 is 0 Å². The van der Waals surface area contributed by atoms with Gasteiger partial charge >= 0.3 is 0 Å². The van der Waals surface area contributed by atoms with Gasteiger partial charge in [-0.25, -0.2) is 0 Å². The van der Waals surface area contributed by atoms with Crippen molar-refractivity contribution in [2.45, 2.75) is 13.0 Å². The Morgan fingerprint density at radius 2 is 2.00 bits per heavy atom. The van der Waals surface area contributed by atoms with Crippen LogP contribution in [0.25, 0.3) is 0 Å². The molecule has 1 unspecified atom stereocenters. The van der Waals surface area contributed by atoms with Gasteiger partial charge in [0.05, 0.1) is 6.10 Å². The largest absolute Gasteiger partial charge is 0.399 e. The van der Waals surface area contributed by atoms with Gasteiger partial charge in [0.1, 0.15) is 0 Å². The van der Waals surface area contributed by atoms with Gasteiger partial charge in [-0.15, -0.1) is 0 Å². The third kappa shape index (κ3) is 2.80. The van der Waals surface area contributed by atoms with Crippen LogP contribution in [0.5, 0.6) is 0 Å². The molecule has 0 aliphatic heterocycles. The van der Waals surface area contributed by atoms with Crippen LogP contribution in [0.1, 0.15) is 6.92 Å². The number of hydrogen-bond donors (Lipinski definition) is 3. The number of benzene rings is 1. The van der Waals surface area contributed by atoms with Gasteiger partial charge in [-0.05, 0) is 31.2 Å². The highest BCUT2D eigenvalue weighted by atomic mass is 16.3. The van der Waals surface area contributed by atoms with Crippen LogP contribution < -0.4 is 11.1 Å². The van der Waals surface area contributed by atoms with Crippen LogP contribution in [0.4, 0.5) is 11.4 Å². The van der Waals surface area contributed by atoms with Crippen LogP contribution in [0.3, 0.4) is 0 Å². The zero-order chi connectivity index (χ0) is 8.97. The summed E-state index contributed by atoms with van der Waals surface area (Å²) >= 11 is 0. The molecule has 0 heterocycles. The van der Waals surface area contributed by atoms with E-state index in [0.717, 1.165) is 11.4 Å². The number of nitrogen functional groups attached to an aromatic ring is 1. The number of nitrogens with one attached hydrogen (secondary N) is 1. The van der Waals surface area contributed by atoms with Gasteiger partial charge in [0, 0.05) is 17.9 Å². The second-order valence-electron chi connectivity index (χ2n) is 2.85. The third-order valence-electron chi connectivity index (χ3n) is 1.51. The predicted octanol–water partition coefficient (Wildman–Crippen LogP) is 1.06. The SMILES string of the molecule is CC(O)CNc1ccc(N)cc1. The number of hydrogen-bond acceptors (Lipinski definition) is 3. The van der Waals surface area contributed by atoms with Gasteiger partial charge in [-0.1, -0.05) is 0 Å². The van der Waals surface area contributed by atoms with Crippen molar-refractivity contribution in [1.82, 2.24) is 0 Å². The molecular formula is C9H14N2O. The molecule has 0 aliphatic rings. The fourth-order valence-corrected chi connectivity index (χ4v) is 0.867. The summed E-state index contributed by atoms with van der Waals surface area (Å²) in [5.41, 5.74) is 7.23. The lowest BCUT2D eigenvalue weighted by molar-refractivity contribution is 0.208. The fourth-order valence-electron chi connectivity index (χ4n) is 0.867. The molecule has 66 valence electrons. The van der Waals surface area contributed by atoms with Crippen molar-refractivity contribution in [3.8, 4) is 0 Å². The molecule has 0 aromatic heterocycles. The molecule has 0 aliphatic carbocycles. The minimum Gasteiger partial charge on any atom is -0.399 e. The van der Waals surface area contributed by atoms with E-state index in [4.69, 9.17) is 10.8 Å². The molecule has 12 heavy (non-hydrogen) atoms. The van der Waals surface area contributed by atoms with Crippen LogP contribution in [-0.2, 0) is 0 Å². The first-order chi connectivity index (χ1) is 5.68. The molecule has 3 nitrogen and oxygen atoms in total. The minimum atomic E-state index is -0.331. The van der Waals surface area contributed by atoms with Crippen molar-refractivity contribution in [3.63, 3.8) is 0 Å². The molecule has 4 N–H and O–H groups in total. The number of aliphatic hydroxyl groups is 1. The van der Waals surface area contributed by atoms with Crippen LogP contribution in [-0.4, -0.2) is 17.8 Å². The Hall–Kier alpha value is -1.22. The van der Waals surface area contributed by atoms with Crippen molar-refractivity contribution in [2.75, 3.05) is 17.6 Å². The Morgan fingerprint density at radius 3 is 2.50 bits per heavy atom. The van der Waals surface area contributed by atoms with Crippen LogP contribution in [0, 0.1) is 0 Å². The number of nitrogens with two attached hydrogens (primary N) is 1. The summed E-state index contributed by atoms with van der Waals surface area (Å²) in [6, 6.07) is 7.42. The molecule has 0 saturated carbocycles. The maximum Gasteiger partial charge on any atom is 0.0684 e. The predicted molar refractivity (Wildman–Crippen MR) is 51.0 cm³/mol. The van der Waals surface area contributed by atoms with Crippen molar-refractivity contribution >= 4 is 11.4 Å². The fraction of sp³-hybridized carbons (Fsp3) is 0.333. The van der Waals surface area contributed by atoms with E-state index in [1.54, 1.807) is 6.92 Å². The summed E-state index contributed by atoms with van der Waals surface area (Å²) in [7, 11) is 0. The quantitative estimate of drug-likeness (QED) is 0.588. The normalized spacial score (nSPS) is 12.5. The van der Waals surface area contributed by atoms with Gasteiger partial charge in [0.15, 0.2) is 0 Å². The lowest BCUT2D eigenvalue weighted by Crippen LogP contribution is -2.15. The van der Waals surface area contributed by atoms with Gasteiger partial charge in [0.2, 0.25) is 0 Å². The van der Waals surface area contributed by atoms with Gasteiger partial charge in [-0.3, -0.25) is 0 Å². The lowest BCUT2D eigenvalue weighted by atomic mass is 10.3. The van der Waals surface area contributed by atoms with E-state index in [-0.39, 0.29) is 6.10 Å². The van der Waals surface area contributed by atoms with Crippen LogP contribution in [0.15, 0.2) is 24.3 Å². The zero-order valence-corrected chi connectivity index (χ0v) is 7.12. The molecule has 1 rings (SSSR count). The van der Waals surface area contributed by atoms with Crippen molar-refractivity contribution < 1.29 is 5.11 Å². The summed E-state index contributed by atoms with van der Waals surface area (Å²) in [6.45, 7) is 2.30. The maximum absolute atomic E-state index is 8.98. The molecule has 0 radical (unpaired) electrons. The van der Waals surface area contributed by atoms with Crippen LogP contribution >= 0.6 is 0 Å². The average Bonchev–Trinajstić information content (AvgIpc) is 2.03. The summed E-state index contributed by atoms with van der Waals surface area (Å²) in [6.07, 6.45) is -0.331. The van der Waals surface area contributed by atoms with E-state index in [2.05, 4.69) is 5.32 Å². The molecule has 0 saturated heterocycles. The Morgan fingerprint density at radius 1 is 1.42 bits per heavy atom. The van der Waals surface area contributed by atoms with Gasteiger partial charge < -0.3 is 16.2 Å². The first-order valence-electron chi connectivity index (χ1n) is 3.96. The summed E-state index contributed by atoms with van der Waals surface area (Å²) in [4.78, 5) is 0. The molecule has 1 aromatic carbocycles. The van der Waals surface area contributed by atoms with Gasteiger partial charge in [0.25, 0.3) is 0 Å². The Balaban J connectivity index is 2.48. The standard InChI is InChI=1S/C9H14N2O/c1-7(12)6-11-9-4-2-8(10)3-5-9/h2-5,7,11-12H,6,10H2,1H3. The molecule has 0 amide bonds. The number of aliphatic hydroxyl groups excluding tert-OH is 1. The molecule has 0 bridgehead atoms. The lowest BCUT2D eigenvalue weighted by Gasteiger charge is -2.07. The molecule has 0 spiro atoms. The van der Waals surface area contributed by atoms with E-state index < -0.39 is 0 Å².